The Hall–Kier alpha value is -1.54. The normalized spacial score (nSPS) is 18.1. The number of rotatable bonds is 3. The molecular weight excluding hydrogens is 244 g/mol. The van der Waals surface area contributed by atoms with E-state index in [-0.39, 0.29) is 0 Å². The molecule has 2 rings (SSSR count). The molecule has 0 aromatic heterocycles. The van der Waals surface area contributed by atoms with E-state index in [4.69, 9.17) is 11.6 Å². The zero-order valence-corrected chi connectivity index (χ0v) is 11.5. The maximum Gasteiger partial charge on any atom is 0.0629 e. The molecule has 0 saturated carbocycles. The zero-order chi connectivity index (χ0) is 13.0. The van der Waals surface area contributed by atoms with Gasteiger partial charge in [-0.15, -0.1) is 0 Å². The van der Waals surface area contributed by atoms with Crippen LogP contribution in [0.2, 0.25) is 0 Å². The predicted octanol–water partition coefficient (Wildman–Crippen LogP) is 4.12. The molecule has 0 fully saturated rings. The van der Waals surface area contributed by atoms with E-state index < -0.39 is 0 Å². The van der Waals surface area contributed by atoms with Gasteiger partial charge in [0.2, 0.25) is 0 Å². The second-order valence-corrected chi connectivity index (χ2v) is 4.93. The fraction of sp³-hybridized carbons (Fsp3) is 0.267. The Kier molecular flexibility index (Phi) is 4.21. The number of hydrogen-bond donors (Lipinski definition) is 0. The van der Waals surface area contributed by atoms with Gasteiger partial charge >= 0.3 is 0 Å². The Morgan fingerprint density at radius 3 is 2.56 bits per heavy atom. The van der Waals surface area contributed by atoms with Crippen LogP contribution >= 0.6 is 11.6 Å². The molecule has 0 N–H and O–H groups in total. The Morgan fingerprint density at radius 1 is 1.17 bits per heavy atom. The molecule has 94 valence electrons. The van der Waals surface area contributed by atoms with Crippen molar-refractivity contribution in [2.24, 2.45) is 4.99 Å². The number of aliphatic imine (C=N–C) groups is 1. The number of para-hydroxylation sites is 1. The summed E-state index contributed by atoms with van der Waals surface area (Å²) in [5, 5.41) is 0.850. The first-order chi connectivity index (χ1) is 8.66. The van der Waals surface area contributed by atoms with Crippen LogP contribution in [0.25, 0.3) is 0 Å². The summed E-state index contributed by atoms with van der Waals surface area (Å²) in [5.41, 5.74) is 3.27. The monoisotopic (exact) mass is 260 g/mol. The van der Waals surface area contributed by atoms with E-state index in [9.17, 15) is 0 Å². The highest BCUT2D eigenvalue weighted by Crippen LogP contribution is 2.33. The summed E-state index contributed by atoms with van der Waals surface area (Å²) >= 11 is 6.35. The summed E-state index contributed by atoms with van der Waals surface area (Å²) in [6.45, 7) is 0. The molecule has 0 radical (unpaired) electrons. The fourth-order valence-electron chi connectivity index (χ4n) is 1.92. The van der Waals surface area contributed by atoms with Crippen LogP contribution in [0.4, 0.5) is 5.69 Å². The molecule has 0 spiro atoms. The van der Waals surface area contributed by atoms with E-state index in [2.05, 4.69) is 11.2 Å². The van der Waals surface area contributed by atoms with Gasteiger partial charge < -0.3 is 4.90 Å². The lowest BCUT2D eigenvalue weighted by Crippen LogP contribution is -2.02. The van der Waals surface area contributed by atoms with Crippen LogP contribution in [0.5, 0.6) is 0 Å². The average molecular weight is 261 g/mol. The number of benzene rings is 1. The van der Waals surface area contributed by atoms with E-state index in [1.165, 1.54) is 5.57 Å². The van der Waals surface area contributed by atoms with Crippen molar-refractivity contribution in [1.29, 1.82) is 0 Å². The molecule has 0 amide bonds. The number of halogens is 1. The van der Waals surface area contributed by atoms with Crippen molar-refractivity contribution in [2.75, 3.05) is 14.1 Å². The van der Waals surface area contributed by atoms with Gasteiger partial charge in [0.25, 0.3) is 0 Å². The van der Waals surface area contributed by atoms with Crippen LogP contribution in [0.15, 0.2) is 57.7 Å². The summed E-state index contributed by atoms with van der Waals surface area (Å²) in [6.07, 6.45) is 5.92. The van der Waals surface area contributed by atoms with Crippen LogP contribution in [0.3, 0.4) is 0 Å². The molecule has 1 aliphatic rings. The highest BCUT2D eigenvalue weighted by atomic mass is 35.5. The van der Waals surface area contributed by atoms with Gasteiger partial charge in [0.05, 0.1) is 5.69 Å². The van der Waals surface area contributed by atoms with Crippen molar-refractivity contribution in [3.8, 4) is 0 Å². The molecule has 1 aromatic carbocycles. The van der Waals surface area contributed by atoms with E-state index in [1.807, 2.05) is 55.5 Å². The summed E-state index contributed by atoms with van der Waals surface area (Å²) in [5.74, 6) is 0. The van der Waals surface area contributed by atoms with E-state index in [0.717, 1.165) is 29.1 Å². The molecule has 0 aliphatic heterocycles. The molecule has 0 atom stereocenters. The first-order valence-corrected chi connectivity index (χ1v) is 6.40. The van der Waals surface area contributed by atoms with Crippen molar-refractivity contribution in [3.63, 3.8) is 0 Å². The van der Waals surface area contributed by atoms with Crippen LogP contribution in [0.1, 0.15) is 12.8 Å². The second kappa shape index (κ2) is 5.87. The summed E-state index contributed by atoms with van der Waals surface area (Å²) in [4.78, 5) is 6.47. The molecule has 18 heavy (non-hydrogen) atoms. The van der Waals surface area contributed by atoms with Gasteiger partial charge in [-0.2, -0.15) is 0 Å². The number of hydrogen-bond acceptors (Lipinski definition) is 2. The minimum absolute atomic E-state index is 0.850. The van der Waals surface area contributed by atoms with Gasteiger partial charge in [-0.05, 0) is 36.1 Å². The molecule has 3 heteroatoms. The van der Waals surface area contributed by atoms with Crippen molar-refractivity contribution >= 4 is 23.5 Å². The SMILES string of the molecule is CN(C)/C=C1\CCC(/C=N/c2ccccc2)=C1Cl. The first-order valence-electron chi connectivity index (χ1n) is 6.02. The average Bonchev–Trinajstić information content (AvgIpc) is 2.69. The topological polar surface area (TPSA) is 15.6 Å². The lowest BCUT2D eigenvalue weighted by atomic mass is 10.2. The maximum atomic E-state index is 6.35. The van der Waals surface area contributed by atoms with Crippen LogP contribution < -0.4 is 0 Å². The molecule has 0 saturated heterocycles. The van der Waals surface area contributed by atoms with E-state index in [0.29, 0.717) is 0 Å². The summed E-state index contributed by atoms with van der Waals surface area (Å²) in [6, 6.07) is 9.91. The quantitative estimate of drug-likeness (QED) is 0.747. The van der Waals surface area contributed by atoms with Crippen LogP contribution in [-0.2, 0) is 0 Å². The third-order valence-electron chi connectivity index (χ3n) is 2.77. The van der Waals surface area contributed by atoms with Gasteiger partial charge in [-0.1, -0.05) is 29.8 Å². The fourth-order valence-corrected chi connectivity index (χ4v) is 2.20. The molecule has 1 aliphatic carbocycles. The standard InChI is InChI=1S/C15H17ClN2/c1-18(2)11-13-9-8-12(15(13)16)10-17-14-6-4-3-5-7-14/h3-7,10-11H,8-9H2,1-2H3/b13-11+,17-10+. The van der Waals surface area contributed by atoms with Crippen molar-refractivity contribution in [1.82, 2.24) is 4.90 Å². The van der Waals surface area contributed by atoms with Gasteiger partial charge in [0.1, 0.15) is 0 Å². The van der Waals surface area contributed by atoms with Gasteiger partial charge in [-0.3, -0.25) is 4.99 Å². The number of nitrogens with zero attached hydrogens (tertiary/aromatic N) is 2. The molecule has 1 aromatic rings. The van der Waals surface area contributed by atoms with Crippen molar-refractivity contribution in [2.45, 2.75) is 12.8 Å². The number of allylic oxidation sites excluding steroid dienone is 3. The van der Waals surface area contributed by atoms with Crippen molar-refractivity contribution in [3.05, 3.63) is 52.7 Å². The molecule has 0 bridgehead atoms. The molecule has 0 heterocycles. The highest BCUT2D eigenvalue weighted by molar-refractivity contribution is 6.34. The second-order valence-electron chi connectivity index (χ2n) is 4.55. The zero-order valence-electron chi connectivity index (χ0n) is 10.7. The smallest absolute Gasteiger partial charge is 0.0629 e. The highest BCUT2D eigenvalue weighted by Gasteiger charge is 2.16. The lowest BCUT2D eigenvalue weighted by molar-refractivity contribution is 0.558. The summed E-state index contributed by atoms with van der Waals surface area (Å²) in [7, 11) is 4.01. The molecule has 0 unspecified atom stereocenters. The van der Waals surface area contributed by atoms with Crippen LogP contribution in [0, 0.1) is 0 Å². The van der Waals surface area contributed by atoms with Crippen LogP contribution in [-0.4, -0.2) is 25.2 Å². The van der Waals surface area contributed by atoms with E-state index in [1.54, 1.807) is 0 Å². The van der Waals surface area contributed by atoms with E-state index >= 15 is 0 Å². The van der Waals surface area contributed by atoms with Crippen molar-refractivity contribution < 1.29 is 0 Å². The third-order valence-corrected chi connectivity index (χ3v) is 3.25. The van der Waals surface area contributed by atoms with Gasteiger partial charge in [-0.25, -0.2) is 0 Å². The Labute approximate surface area is 113 Å². The minimum Gasteiger partial charge on any atom is -0.383 e. The maximum absolute atomic E-state index is 6.35. The van der Waals surface area contributed by atoms with Gasteiger partial charge in [0, 0.05) is 31.5 Å². The molecular formula is C15H17ClN2. The predicted molar refractivity (Wildman–Crippen MR) is 78.5 cm³/mol. The Bertz CT molecular complexity index is 498. The van der Waals surface area contributed by atoms with Gasteiger partial charge in [0.15, 0.2) is 0 Å². The first kappa shape index (κ1) is 12.9. The Balaban J connectivity index is 2.15. The Morgan fingerprint density at radius 2 is 1.89 bits per heavy atom. The molecule has 2 nitrogen and oxygen atoms in total. The third kappa shape index (κ3) is 3.23. The largest absolute Gasteiger partial charge is 0.383 e. The minimum atomic E-state index is 0.850. The summed E-state index contributed by atoms with van der Waals surface area (Å²) < 4.78 is 0. The lowest BCUT2D eigenvalue weighted by Gasteiger charge is -2.06.